The summed E-state index contributed by atoms with van der Waals surface area (Å²) in [5.41, 5.74) is 3.34. The van der Waals surface area contributed by atoms with E-state index in [4.69, 9.17) is 9.47 Å². The first-order chi connectivity index (χ1) is 13.7. The van der Waals surface area contributed by atoms with Crippen LogP contribution in [0.4, 0.5) is 15.8 Å². The quantitative estimate of drug-likeness (QED) is 0.670. The molecule has 1 amide bonds. The van der Waals surface area contributed by atoms with E-state index in [9.17, 15) is 9.18 Å². The van der Waals surface area contributed by atoms with Crippen LogP contribution in [-0.2, 0) is 17.8 Å². The predicted octanol–water partition coefficient (Wildman–Crippen LogP) is 4.35. The smallest absolute Gasteiger partial charge is 0.231 e. The van der Waals surface area contributed by atoms with Gasteiger partial charge in [0.1, 0.15) is 5.82 Å². The molecule has 28 heavy (non-hydrogen) atoms. The van der Waals surface area contributed by atoms with Crippen LogP contribution in [-0.4, -0.2) is 12.7 Å². The van der Waals surface area contributed by atoms with Crippen LogP contribution in [0.15, 0.2) is 66.7 Å². The Hall–Kier alpha value is -3.54. The van der Waals surface area contributed by atoms with Gasteiger partial charge in [-0.1, -0.05) is 18.2 Å². The SMILES string of the molecule is O=C(Cc1cccc(F)c1)Nc1ccc(NCc2ccc3c(c2)OCO3)cc1. The molecule has 0 spiro atoms. The fraction of sp³-hybridized carbons (Fsp3) is 0.136. The lowest BCUT2D eigenvalue weighted by atomic mass is 10.1. The monoisotopic (exact) mass is 378 g/mol. The van der Waals surface area contributed by atoms with Crippen LogP contribution in [0.5, 0.6) is 11.5 Å². The average molecular weight is 378 g/mol. The number of hydrogen-bond donors (Lipinski definition) is 2. The molecule has 0 atom stereocenters. The zero-order valence-corrected chi connectivity index (χ0v) is 15.1. The van der Waals surface area contributed by atoms with Gasteiger partial charge < -0.3 is 20.1 Å². The molecule has 6 heteroatoms. The lowest BCUT2D eigenvalue weighted by Gasteiger charge is -2.09. The van der Waals surface area contributed by atoms with E-state index in [0.29, 0.717) is 17.8 Å². The molecular formula is C22H19FN2O3. The van der Waals surface area contributed by atoms with Crippen molar-refractivity contribution in [2.75, 3.05) is 17.4 Å². The summed E-state index contributed by atoms with van der Waals surface area (Å²) in [7, 11) is 0. The first-order valence-electron chi connectivity index (χ1n) is 8.92. The zero-order chi connectivity index (χ0) is 19.3. The van der Waals surface area contributed by atoms with Crippen molar-refractivity contribution in [3.63, 3.8) is 0 Å². The van der Waals surface area contributed by atoms with E-state index in [2.05, 4.69) is 10.6 Å². The molecule has 0 radical (unpaired) electrons. The van der Waals surface area contributed by atoms with Crippen LogP contribution in [0, 0.1) is 5.82 Å². The van der Waals surface area contributed by atoms with E-state index in [-0.39, 0.29) is 24.9 Å². The van der Waals surface area contributed by atoms with Gasteiger partial charge in [-0.15, -0.1) is 0 Å². The molecule has 1 aliphatic heterocycles. The number of anilines is 2. The van der Waals surface area contributed by atoms with E-state index < -0.39 is 0 Å². The van der Waals surface area contributed by atoms with Crippen molar-refractivity contribution in [1.29, 1.82) is 0 Å². The van der Waals surface area contributed by atoms with Gasteiger partial charge in [-0.2, -0.15) is 0 Å². The molecule has 3 aromatic rings. The van der Waals surface area contributed by atoms with E-state index in [1.807, 2.05) is 42.5 Å². The molecule has 0 aliphatic carbocycles. The molecule has 0 bridgehead atoms. The number of rotatable bonds is 6. The number of halogens is 1. The van der Waals surface area contributed by atoms with Crippen molar-refractivity contribution in [3.8, 4) is 11.5 Å². The molecule has 142 valence electrons. The van der Waals surface area contributed by atoms with Crippen LogP contribution in [0.2, 0.25) is 0 Å². The third-order valence-electron chi connectivity index (χ3n) is 4.36. The summed E-state index contributed by atoms with van der Waals surface area (Å²) in [6.07, 6.45) is 0.127. The minimum absolute atomic E-state index is 0.127. The predicted molar refractivity (Wildman–Crippen MR) is 105 cm³/mol. The highest BCUT2D eigenvalue weighted by atomic mass is 19.1. The number of carbonyl (C=O) groups is 1. The molecule has 0 unspecified atom stereocenters. The topological polar surface area (TPSA) is 59.6 Å². The van der Waals surface area contributed by atoms with Crippen molar-refractivity contribution in [2.24, 2.45) is 0 Å². The summed E-state index contributed by atoms with van der Waals surface area (Å²) in [6.45, 7) is 0.903. The second-order valence-corrected chi connectivity index (χ2v) is 6.47. The van der Waals surface area contributed by atoms with Gasteiger partial charge in [0, 0.05) is 17.9 Å². The van der Waals surface area contributed by atoms with Crippen molar-refractivity contribution in [3.05, 3.63) is 83.7 Å². The standard InChI is InChI=1S/C22H19FN2O3/c23-17-3-1-2-15(10-17)12-22(26)25-19-7-5-18(6-8-19)24-13-16-4-9-20-21(11-16)28-14-27-20/h1-11,24H,12-14H2,(H,25,26). The van der Waals surface area contributed by atoms with E-state index in [1.54, 1.807) is 12.1 Å². The molecule has 1 heterocycles. The number of amides is 1. The van der Waals surface area contributed by atoms with Crippen LogP contribution in [0.1, 0.15) is 11.1 Å². The maximum atomic E-state index is 13.2. The highest BCUT2D eigenvalue weighted by Crippen LogP contribution is 2.32. The van der Waals surface area contributed by atoms with E-state index in [1.165, 1.54) is 12.1 Å². The Morgan fingerprint density at radius 1 is 0.893 bits per heavy atom. The van der Waals surface area contributed by atoms with Gasteiger partial charge in [-0.05, 0) is 59.7 Å². The molecule has 3 aromatic carbocycles. The molecule has 0 aromatic heterocycles. The highest BCUT2D eigenvalue weighted by molar-refractivity contribution is 5.92. The summed E-state index contributed by atoms with van der Waals surface area (Å²) in [4.78, 5) is 12.1. The van der Waals surface area contributed by atoms with Gasteiger partial charge in [-0.3, -0.25) is 4.79 Å². The Labute approximate surface area is 162 Å². The first kappa shape index (κ1) is 17.9. The molecule has 2 N–H and O–H groups in total. The van der Waals surface area contributed by atoms with Gasteiger partial charge in [0.15, 0.2) is 11.5 Å². The minimum Gasteiger partial charge on any atom is -0.454 e. The number of fused-ring (bicyclic) bond motifs is 1. The second kappa shape index (κ2) is 8.00. The Morgan fingerprint density at radius 3 is 2.50 bits per heavy atom. The van der Waals surface area contributed by atoms with Gasteiger partial charge in [0.25, 0.3) is 0 Å². The van der Waals surface area contributed by atoms with Crippen molar-refractivity contribution in [2.45, 2.75) is 13.0 Å². The summed E-state index contributed by atoms with van der Waals surface area (Å²) in [6, 6.07) is 19.3. The van der Waals surface area contributed by atoms with Crippen LogP contribution >= 0.6 is 0 Å². The number of nitrogens with one attached hydrogen (secondary N) is 2. The molecule has 4 rings (SSSR count). The summed E-state index contributed by atoms with van der Waals surface area (Å²) >= 11 is 0. The number of carbonyl (C=O) groups excluding carboxylic acids is 1. The Kier molecular flexibility index (Phi) is 5.10. The number of benzene rings is 3. The highest BCUT2D eigenvalue weighted by Gasteiger charge is 2.13. The van der Waals surface area contributed by atoms with Gasteiger partial charge in [0.05, 0.1) is 6.42 Å². The fourth-order valence-electron chi connectivity index (χ4n) is 2.96. The molecule has 0 fully saturated rings. The Morgan fingerprint density at radius 2 is 1.68 bits per heavy atom. The van der Waals surface area contributed by atoms with Crippen LogP contribution < -0.4 is 20.1 Å². The van der Waals surface area contributed by atoms with Gasteiger partial charge >= 0.3 is 0 Å². The maximum Gasteiger partial charge on any atom is 0.231 e. The van der Waals surface area contributed by atoms with Crippen molar-refractivity contribution < 1.29 is 18.7 Å². The lowest BCUT2D eigenvalue weighted by Crippen LogP contribution is -2.14. The summed E-state index contributed by atoms with van der Waals surface area (Å²) in [5, 5.41) is 6.15. The summed E-state index contributed by atoms with van der Waals surface area (Å²) < 4.78 is 23.9. The molecule has 1 aliphatic rings. The zero-order valence-electron chi connectivity index (χ0n) is 15.1. The molecule has 0 saturated heterocycles. The Balaban J connectivity index is 1.30. The van der Waals surface area contributed by atoms with Crippen molar-refractivity contribution >= 4 is 17.3 Å². The normalized spacial score (nSPS) is 11.9. The van der Waals surface area contributed by atoms with Crippen LogP contribution in [0.25, 0.3) is 0 Å². The van der Waals surface area contributed by atoms with Crippen LogP contribution in [0.3, 0.4) is 0 Å². The largest absolute Gasteiger partial charge is 0.454 e. The third kappa shape index (κ3) is 4.40. The van der Waals surface area contributed by atoms with Gasteiger partial charge in [0.2, 0.25) is 12.7 Å². The van der Waals surface area contributed by atoms with E-state index >= 15 is 0 Å². The Bertz CT molecular complexity index is 989. The second-order valence-electron chi connectivity index (χ2n) is 6.47. The summed E-state index contributed by atoms with van der Waals surface area (Å²) in [5.74, 6) is 0.993. The average Bonchev–Trinajstić information content (AvgIpc) is 3.15. The number of hydrogen-bond acceptors (Lipinski definition) is 4. The first-order valence-corrected chi connectivity index (χ1v) is 8.92. The molecule has 0 saturated carbocycles. The molecular weight excluding hydrogens is 359 g/mol. The van der Waals surface area contributed by atoms with Crippen molar-refractivity contribution in [1.82, 2.24) is 0 Å². The lowest BCUT2D eigenvalue weighted by molar-refractivity contribution is -0.115. The number of ether oxygens (including phenoxy) is 2. The third-order valence-corrected chi connectivity index (χ3v) is 4.36. The minimum atomic E-state index is -0.344. The molecule has 5 nitrogen and oxygen atoms in total. The van der Waals surface area contributed by atoms with E-state index in [0.717, 1.165) is 22.7 Å². The maximum absolute atomic E-state index is 13.2. The fourth-order valence-corrected chi connectivity index (χ4v) is 2.96. The van der Waals surface area contributed by atoms with Gasteiger partial charge in [-0.25, -0.2) is 4.39 Å².